The van der Waals surface area contributed by atoms with Crippen LogP contribution in [0.4, 0.5) is 5.69 Å². The van der Waals surface area contributed by atoms with E-state index in [0.29, 0.717) is 17.3 Å². The van der Waals surface area contributed by atoms with Gasteiger partial charge in [-0.3, -0.25) is 4.98 Å². The van der Waals surface area contributed by atoms with Crippen molar-refractivity contribution in [2.75, 3.05) is 4.90 Å². The summed E-state index contributed by atoms with van der Waals surface area (Å²) in [6.07, 6.45) is 3.49. The maximum atomic E-state index is 10.6. The zero-order valence-corrected chi connectivity index (χ0v) is 18.7. The van der Waals surface area contributed by atoms with Crippen LogP contribution in [0.3, 0.4) is 0 Å². The third-order valence-corrected chi connectivity index (χ3v) is 6.38. The summed E-state index contributed by atoms with van der Waals surface area (Å²) in [5.41, 5.74) is 4.94. The number of rotatable bonds is 5. The van der Waals surface area contributed by atoms with Gasteiger partial charge >= 0.3 is 0 Å². The van der Waals surface area contributed by atoms with Crippen LogP contribution in [0.1, 0.15) is 40.5 Å². The molecule has 5 rings (SSSR count). The number of aromatic nitrogens is 2. The molecule has 2 N–H and O–H groups in total. The Balaban J connectivity index is 1.65. The highest BCUT2D eigenvalue weighted by molar-refractivity contribution is 7.80. The molecule has 7 heteroatoms. The van der Waals surface area contributed by atoms with E-state index in [9.17, 15) is 5.11 Å². The van der Waals surface area contributed by atoms with Crippen molar-refractivity contribution < 1.29 is 9.52 Å². The van der Waals surface area contributed by atoms with E-state index in [-0.39, 0.29) is 17.8 Å². The molecule has 1 aliphatic heterocycles. The molecule has 1 saturated heterocycles. The molecule has 0 spiro atoms. The van der Waals surface area contributed by atoms with Crippen molar-refractivity contribution in [3.05, 3.63) is 102 Å². The van der Waals surface area contributed by atoms with Gasteiger partial charge in [0, 0.05) is 17.6 Å². The van der Waals surface area contributed by atoms with Crippen molar-refractivity contribution in [2.24, 2.45) is 0 Å². The number of nitrogens with zero attached hydrogens (tertiary/aromatic N) is 3. The predicted octanol–water partition coefficient (Wildman–Crippen LogP) is 5.02. The first-order valence-corrected chi connectivity index (χ1v) is 10.9. The van der Waals surface area contributed by atoms with Crippen LogP contribution in [0, 0.1) is 13.8 Å². The highest BCUT2D eigenvalue weighted by Crippen LogP contribution is 2.45. The first-order chi connectivity index (χ1) is 15.5. The Labute approximate surface area is 192 Å². The second-order valence-corrected chi connectivity index (χ2v) is 8.36. The molecule has 0 bridgehead atoms. The number of hydrogen-bond donors (Lipinski definition) is 2. The van der Waals surface area contributed by atoms with Crippen LogP contribution in [0.2, 0.25) is 0 Å². The average molecular weight is 445 g/mol. The molecule has 0 radical (unpaired) electrons. The average Bonchev–Trinajstić information content (AvgIpc) is 3.50. The van der Waals surface area contributed by atoms with Gasteiger partial charge in [0.2, 0.25) is 0 Å². The van der Waals surface area contributed by atoms with Crippen molar-refractivity contribution in [3.8, 4) is 5.75 Å². The van der Waals surface area contributed by atoms with Crippen molar-refractivity contribution in [3.63, 3.8) is 0 Å². The fourth-order valence-corrected chi connectivity index (χ4v) is 4.87. The Kier molecular flexibility index (Phi) is 5.19. The lowest BCUT2D eigenvalue weighted by Crippen LogP contribution is -2.29. The standard InChI is InChI=1S/C25H24N4O2S/c1-16-14-19(17(2)28(16)15-18-8-7-13-31-18)24-23(20-9-5-6-12-26-20)27-25(32)29(24)21-10-3-4-11-22(21)30/h3-14,23-24,30H,15H2,1-2H3,(H,27,32)/t23-,24-/m0/s1. The lowest BCUT2D eigenvalue weighted by atomic mass is 9.96. The number of benzene rings is 1. The minimum absolute atomic E-state index is 0.166. The highest BCUT2D eigenvalue weighted by atomic mass is 32.1. The third kappa shape index (κ3) is 3.44. The summed E-state index contributed by atoms with van der Waals surface area (Å²) >= 11 is 5.77. The quantitative estimate of drug-likeness (QED) is 0.421. The fraction of sp³-hybridized carbons (Fsp3) is 0.200. The van der Waals surface area contributed by atoms with Gasteiger partial charge in [-0.15, -0.1) is 0 Å². The number of hydrogen-bond acceptors (Lipinski definition) is 4. The van der Waals surface area contributed by atoms with Crippen LogP contribution in [0.25, 0.3) is 0 Å². The first-order valence-electron chi connectivity index (χ1n) is 10.5. The maximum Gasteiger partial charge on any atom is 0.174 e. The molecule has 0 unspecified atom stereocenters. The predicted molar refractivity (Wildman–Crippen MR) is 128 cm³/mol. The van der Waals surface area contributed by atoms with Crippen molar-refractivity contribution in [1.82, 2.24) is 14.9 Å². The molecule has 0 aliphatic carbocycles. The van der Waals surface area contributed by atoms with Gasteiger partial charge in [-0.05, 0) is 74.1 Å². The van der Waals surface area contributed by atoms with E-state index >= 15 is 0 Å². The molecule has 4 heterocycles. The summed E-state index contributed by atoms with van der Waals surface area (Å²) < 4.78 is 7.83. The highest BCUT2D eigenvalue weighted by Gasteiger charge is 2.43. The molecule has 0 amide bonds. The van der Waals surface area contributed by atoms with Crippen molar-refractivity contribution in [2.45, 2.75) is 32.5 Å². The number of furan rings is 1. The number of anilines is 1. The van der Waals surface area contributed by atoms with Crippen LogP contribution in [0.15, 0.2) is 77.5 Å². The zero-order chi connectivity index (χ0) is 22.2. The second-order valence-electron chi connectivity index (χ2n) is 7.98. The zero-order valence-electron chi connectivity index (χ0n) is 17.9. The van der Waals surface area contributed by atoms with Crippen LogP contribution < -0.4 is 10.2 Å². The van der Waals surface area contributed by atoms with Gasteiger partial charge < -0.3 is 24.3 Å². The molecule has 4 aromatic rings. The Bertz CT molecular complexity index is 1250. The molecule has 32 heavy (non-hydrogen) atoms. The van der Waals surface area contributed by atoms with Crippen molar-refractivity contribution in [1.29, 1.82) is 0 Å². The van der Waals surface area contributed by atoms with Gasteiger partial charge in [0.25, 0.3) is 0 Å². The Morgan fingerprint density at radius 3 is 2.62 bits per heavy atom. The van der Waals surface area contributed by atoms with Gasteiger partial charge in [-0.1, -0.05) is 18.2 Å². The number of aromatic hydroxyl groups is 1. The summed E-state index contributed by atoms with van der Waals surface area (Å²) in [4.78, 5) is 6.61. The van der Waals surface area contributed by atoms with E-state index < -0.39 is 0 Å². The second kappa shape index (κ2) is 8.16. The van der Waals surface area contributed by atoms with Gasteiger partial charge in [-0.2, -0.15) is 0 Å². The molecule has 1 aromatic carbocycles. The van der Waals surface area contributed by atoms with Gasteiger partial charge in [0.05, 0.1) is 36.3 Å². The largest absolute Gasteiger partial charge is 0.506 e. The Hall–Kier alpha value is -3.58. The minimum atomic E-state index is -0.178. The molecular weight excluding hydrogens is 420 g/mol. The maximum absolute atomic E-state index is 10.6. The number of aryl methyl sites for hydroxylation is 1. The fourth-order valence-electron chi connectivity index (χ4n) is 4.53. The summed E-state index contributed by atoms with van der Waals surface area (Å²) in [6.45, 7) is 4.87. The SMILES string of the molecule is Cc1cc([C@H]2[C@H](c3ccccn3)NC(=S)N2c2ccccc2O)c(C)n1Cc1ccco1. The van der Waals surface area contributed by atoms with Crippen LogP contribution in [-0.2, 0) is 6.54 Å². The van der Waals surface area contributed by atoms with E-state index in [1.54, 1.807) is 18.5 Å². The molecule has 0 saturated carbocycles. The Morgan fingerprint density at radius 1 is 1.09 bits per heavy atom. The topological polar surface area (TPSA) is 66.5 Å². The van der Waals surface area contributed by atoms with Crippen LogP contribution >= 0.6 is 12.2 Å². The number of phenols is 1. The molecule has 162 valence electrons. The molecular formula is C25H24N4O2S. The monoisotopic (exact) mass is 444 g/mol. The van der Waals surface area contributed by atoms with Gasteiger partial charge in [0.1, 0.15) is 11.5 Å². The smallest absolute Gasteiger partial charge is 0.174 e. The van der Waals surface area contributed by atoms with Gasteiger partial charge in [-0.25, -0.2) is 0 Å². The summed E-state index contributed by atoms with van der Waals surface area (Å²) in [5, 5.41) is 14.7. The van der Waals surface area contributed by atoms with Crippen molar-refractivity contribution >= 4 is 23.0 Å². The van der Waals surface area contributed by atoms with E-state index in [0.717, 1.165) is 28.4 Å². The minimum Gasteiger partial charge on any atom is -0.506 e. The van der Waals surface area contributed by atoms with Gasteiger partial charge in [0.15, 0.2) is 5.11 Å². The summed E-state index contributed by atoms with van der Waals surface area (Å²) in [6, 6.07) is 18.9. The van der Waals surface area contributed by atoms with E-state index in [1.165, 1.54) is 0 Å². The molecule has 2 atom stereocenters. The lowest BCUT2D eigenvalue weighted by Gasteiger charge is -2.28. The number of nitrogens with one attached hydrogen (secondary N) is 1. The molecule has 1 aliphatic rings. The number of para-hydroxylation sites is 2. The normalized spacial score (nSPS) is 18.2. The number of pyridine rings is 1. The van der Waals surface area contributed by atoms with E-state index in [1.807, 2.05) is 53.4 Å². The lowest BCUT2D eigenvalue weighted by molar-refractivity contribution is 0.472. The van der Waals surface area contributed by atoms with Crippen LogP contribution in [0.5, 0.6) is 5.75 Å². The number of phenolic OH excluding ortho intramolecular Hbond substituents is 1. The number of thiocarbonyl (C=S) groups is 1. The third-order valence-electron chi connectivity index (χ3n) is 6.06. The summed E-state index contributed by atoms with van der Waals surface area (Å²) in [5.74, 6) is 1.09. The first kappa shape index (κ1) is 20.3. The Morgan fingerprint density at radius 2 is 1.91 bits per heavy atom. The molecule has 1 fully saturated rings. The molecule has 3 aromatic heterocycles. The van der Waals surface area contributed by atoms with Crippen LogP contribution in [-0.4, -0.2) is 19.8 Å². The summed E-state index contributed by atoms with van der Waals surface area (Å²) in [7, 11) is 0. The van der Waals surface area contributed by atoms with E-state index in [2.05, 4.69) is 34.8 Å². The van der Waals surface area contributed by atoms with E-state index in [4.69, 9.17) is 16.6 Å². The molecule has 6 nitrogen and oxygen atoms in total.